The molecule has 1 unspecified atom stereocenters. The Balaban J connectivity index is 2.06. The molecular weight excluding hydrogens is 271 g/mol. The van der Waals surface area contributed by atoms with Crippen LogP contribution >= 0.6 is 0 Å². The minimum atomic E-state index is -0.501. The summed E-state index contributed by atoms with van der Waals surface area (Å²) in [7, 11) is 0. The number of carbonyl (C=O) groups is 1. The maximum Gasteiger partial charge on any atom is 0.410 e. The molecule has 0 aromatic heterocycles. The minimum Gasteiger partial charge on any atom is -0.444 e. The predicted octanol–water partition coefficient (Wildman–Crippen LogP) is 3.35. The van der Waals surface area contributed by atoms with Gasteiger partial charge in [-0.3, -0.25) is 0 Å². The van der Waals surface area contributed by atoms with Crippen LogP contribution in [0, 0.1) is 5.82 Å². The summed E-state index contributed by atoms with van der Waals surface area (Å²) < 4.78 is 18.5. The van der Waals surface area contributed by atoms with E-state index in [-0.39, 0.29) is 18.0 Å². The van der Waals surface area contributed by atoms with Gasteiger partial charge in [0.1, 0.15) is 11.4 Å². The van der Waals surface area contributed by atoms with Crippen molar-refractivity contribution in [1.29, 1.82) is 0 Å². The first-order chi connectivity index (χ1) is 9.76. The van der Waals surface area contributed by atoms with Crippen molar-refractivity contribution in [2.45, 2.75) is 51.7 Å². The first-order valence-corrected chi connectivity index (χ1v) is 7.30. The fraction of sp³-hybridized carbons (Fsp3) is 0.562. The second kappa shape index (κ2) is 5.92. The van der Waals surface area contributed by atoms with E-state index in [0.29, 0.717) is 18.7 Å². The Hall–Kier alpha value is -1.78. The van der Waals surface area contributed by atoms with Crippen LogP contribution in [0.15, 0.2) is 18.2 Å². The fourth-order valence-corrected chi connectivity index (χ4v) is 2.61. The van der Waals surface area contributed by atoms with Gasteiger partial charge in [-0.2, -0.15) is 0 Å². The highest BCUT2D eigenvalue weighted by Crippen LogP contribution is 2.26. The highest BCUT2D eigenvalue weighted by molar-refractivity contribution is 5.69. The molecule has 1 amide bonds. The van der Waals surface area contributed by atoms with Crippen LogP contribution in [-0.4, -0.2) is 29.2 Å². The molecule has 0 radical (unpaired) electrons. The smallest absolute Gasteiger partial charge is 0.410 e. The van der Waals surface area contributed by atoms with Crippen LogP contribution in [0.2, 0.25) is 0 Å². The molecule has 1 aliphatic rings. The number of ether oxygens (including phenoxy) is 1. The van der Waals surface area contributed by atoms with Crippen molar-refractivity contribution >= 4 is 11.8 Å². The van der Waals surface area contributed by atoms with Gasteiger partial charge in [0.05, 0.1) is 0 Å². The average molecular weight is 294 g/mol. The quantitative estimate of drug-likeness (QED) is 0.851. The number of nitrogens with zero attached hydrogens (tertiary/aromatic N) is 1. The second-order valence-electron chi connectivity index (χ2n) is 6.52. The molecule has 2 N–H and O–H groups in total. The van der Waals surface area contributed by atoms with Crippen molar-refractivity contribution in [2.24, 2.45) is 0 Å². The average Bonchev–Trinajstić information content (AvgIpc) is 2.79. The number of benzene rings is 1. The molecule has 5 heteroatoms. The van der Waals surface area contributed by atoms with E-state index in [1.807, 2.05) is 20.8 Å². The molecule has 2 rings (SSSR count). The monoisotopic (exact) mass is 294 g/mol. The van der Waals surface area contributed by atoms with Gasteiger partial charge in [0, 0.05) is 18.3 Å². The summed E-state index contributed by atoms with van der Waals surface area (Å²) in [5, 5.41) is 0. The molecule has 4 nitrogen and oxygen atoms in total. The molecule has 1 aromatic rings. The van der Waals surface area contributed by atoms with Crippen LogP contribution in [-0.2, 0) is 11.2 Å². The van der Waals surface area contributed by atoms with E-state index >= 15 is 0 Å². The Morgan fingerprint density at radius 1 is 1.48 bits per heavy atom. The fourth-order valence-electron chi connectivity index (χ4n) is 2.61. The second-order valence-corrected chi connectivity index (χ2v) is 6.52. The van der Waals surface area contributed by atoms with Crippen molar-refractivity contribution in [2.75, 3.05) is 12.3 Å². The van der Waals surface area contributed by atoms with Crippen LogP contribution in [0.4, 0.5) is 14.9 Å². The molecule has 21 heavy (non-hydrogen) atoms. The van der Waals surface area contributed by atoms with Crippen LogP contribution in [0.5, 0.6) is 0 Å². The predicted molar refractivity (Wildman–Crippen MR) is 80.5 cm³/mol. The number of carbonyl (C=O) groups excluding carboxylic acids is 1. The largest absolute Gasteiger partial charge is 0.444 e. The van der Waals surface area contributed by atoms with Crippen molar-refractivity contribution in [3.05, 3.63) is 29.6 Å². The lowest BCUT2D eigenvalue weighted by molar-refractivity contribution is 0.0227. The normalized spacial score (nSPS) is 18.9. The topological polar surface area (TPSA) is 55.6 Å². The maximum atomic E-state index is 13.1. The molecule has 116 valence electrons. The number of likely N-dealkylation sites (tertiary alicyclic amines) is 1. The number of nitrogens with two attached hydrogens (primary N) is 1. The number of rotatable bonds is 2. The molecular formula is C16H23FN2O2. The number of nitrogen functional groups attached to an aromatic ring is 1. The van der Waals surface area contributed by atoms with Crippen LogP contribution in [0.3, 0.4) is 0 Å². The van der Waals surface area contributed by atoms with Gasteiger partial charge >= 0.3 is 6.09 Å². The summed E-state index contributed by atoms with van der Waals surface area (Å²) in [4.78, 5) is 14.0. The van der Waals surface area contributed by atoms with Crippen molar-refractivity contribution in [3.63, 3.8) is 0 Å². The van der Waals surface area contributed by atoms with Crippen molar-refractivity contribution in [1.82, 2.24) is 4.90 Å². The third-order valence-corrected chi connectivity index (χ3v) is 3.57. The van der Waals surface area contributed by atoms with Gasteiger partial charge in [-0.1, -0.05) is 6.07 Å². The van der Waals surface area contributed by atoms with Gasteiger partial charge in [0.25, 0.3) is 0 Å². The van der Waals surface area contributed by atoms with Crippen molar-refractivity contribution in [3.8, 4) is 0 Å². The molecule has 1 aliphatic heterocycles. The zero-order valence-corrected chi connectivity index (χ0v) is 12.9. The summed E-state index contributed by atoms with van der Waals surface area (Å²) in [5.74, 6) is -0.341. The number of hydrogen-bond donors (Lipinski definition) is 1. The molecule has 1 saturated heterocycles. The van der Waals surface area contributed by atoms with E-state index in [4.69, 9.17) is 10.5 Å². The summed E-state index contributed by atoms with van der Waals surface area (Å²) in [6, 6.07) is 4.48. The number of anilines is 1. The lowest BCUT2D eigenvalue weighted by Gasteiger charge is -2.29. The van der Waals surface area contributed by atoms with E-state index in [1.165, 1.54) is 12.1 Å². The Labute approximate surface area is 125 Å². The SMILES string of the molecule is CC(C)(C)OC(=O)N1CCCC1Cc1ccc(F)cc1N. The maximum absolute atomic E-state index is 13.1. The van der Waals surface area contributed by atoms with Crippen LogP contribution < -0.4 is 5.73 Å². The van der Waals surface area contributed by atoms with E-state index in [2.05, 4.69) is 0 Å². The summed E-state index contributed by atoms with van der Waals surface area (Å²) in [6.07, 6.45) is 2.21. The van der Waals surface area contributed by atoms with E-state index < -0.39 is 5.60 Å². The summed E-state index contributed by atoms with van der Waals surface area (Å²) in [6.45, 7) is 6.26. The Morgan fingerprint density at radius 2 is 2.19 bits per heavy atom. The van der Waals surface area contributed by atoms with Crippen LogP contribution in [0.25, 0.3) is 0 Å². The zero-order valence-electron chi connectivity index (χ0n) is 12.9. The molecule has 1 heterocycles. The van der Waals surface area contributed by atoms with Gasteiger partial charge in [0.2, 0.25) is 0 Å². The van der Waals surface area contributed by atoms with E-state index in [1.54, 1.807) is 11.0 Å². The Bertz CT molecular complexity index is 525. The highest BCUT2D eigenvalue weighted by Gasteiger charge is 2.32. The summed E-state index contributed by atoms with van der Waals surface area (Å²) in [5.41, 5.74) is 6.66. The molecule has 0 saturated carbocycles. The first-order valence-electron chi connectivity index (χ1n) is 7.30. The highest BCUT2D eigenvalue weighted by atomic mass is 19.1. The lowest BCUT2D eigenvalue weighted by Crippen LogP contribution is -2.40. The number of amides is 1. The molecule has 1 fully saturated rings. The standard InChI is InChI=1S/C16H23FN2O2/c1-16(2,3)21-15(20)19-8-4-5-13(19)9-11-6-7-12(17)10-14(11)18/h6-7,10,13H,4-5,8-9,18H2,1-3H3. The van der Waals surface area contributed by atoms with Gasteiger partial charge in [-0.05, 0) is 57.7 Å². The van der Waals surface area contributed by atoms with Gasteiger partial charge in [-0.25, -0.2) is 9.18 Å². The Kier molecular flexibility index (Phi) is 4.40. The first kappa shape index (κ1) is 15.6. The third kappa shape index (κ3) is 4.09. The number of hydrogen-bond acceptors (Lipinski definition) is 3. The molecule has 1 atom stereocenters. The molecule has 1 aromatic carbocycles. The van der Waals surface area contributed by atoms with Gasteiger partial charge in [0.15, 0.2) is 0 Å². The molecule has 0 spiro atoms. The molecule has 0 aliphatic carbocycles. The van der Waals surface area contributed by atoms with Crippen LogP contribution in [0.1, 0.15) is 39.2 Å². The van der Waals surface area contributed by atoms with Crippen molar-refractivity contribution < 1.29 is 13.9 Å². The Morgan fingerprint density at radius 3 is 2.81 bits per heavy atom. The zero-order chi connectivity index (χ0) is 15.6. The summed E-state index contributed by atoms with van der Waals surface area (Å²) >= 11 is 0. The number of halogens is 1. The lowest BCUT2D eigenvalue weighted by atomic mass is 10.0. The van der Waals surface area contributed by atoms with E-state index in [9.17, 15) is 9.18 Å². The third-order valence-electron chi connectivity index (χ3n) is 3.57. The molecule has 0 bridgehead atoms. The van der Waals surface area contributed by atoms with Gasteiger partial charge in [-0.15, -0.1) is 0 Å². The van der Waals surface area contributed by atoms with E-state index in [0.717, 1.165) is 18.4 Å². The minimum absolute atomic E-state index is 0.0626. The van der Waals surface area contributed by atoms with Gasteiger partial charge < -0.3 is 15.4 Å².